The Labute approximate surface area is 126 Å². The van der Waals surface area contributed by atoms with Gasteiger partial charge in [0.25, 0.3) is 5.69 Å². The van der Waals surface area contributed by atoms with Crippen molar-refractivity contribution in [3.63, 3.8) is 0 Å². The summed E-state index contributed by atoms with van der Waals surface area (Å²) in [7, 11) is -2.24. The van der Waals surface area contributed by atoms with Gasteiger partial charge in [-0.3, -0.25) is 10.1 Å². The van der Waals surface area contributed by atoms with E-state index in [0.717, 1.165) is 10.9 Å². The number of sulfonamides is 1. The Balaban J connectivity index is 2.16. The summed E-state index contributed by atoms with van der Waals surface area (Å²) in [5.41, 5.74) is -0.234. The molecule has 0 aliphatic rings. The van der Waals surface area contributed by atoms with Crippen molar-refractivity contribution in [2.45, 2.75) is 11.3 Å². The largest absolute Gasteiger partial charge is 0.270 e. The normalized spacial score (nSPS) is 11.7. The van der Waals surface area contributed by atoms with Crippen LogP contribution in [0.4, 0.5) is 5.69 Å². The van der Waals surface area contributed by atoms with E-state index in [0.29, 0.717) is 13.0 Å². The summed E-state index contributed by atoms with van der Waals surface area (Å²) < 4.78 is 26.0. The molecule has 0 bridgehead atoms. The van der Waals surface area contributed by atoms with Crippen molar-refractivity contribution in [1.82, 2.24) is 4.31 Å². The van der Waals surface area contributed by atoms with Crippen molar-refractivity contribution in [1.29, 1.82) is 0 Å². The standard InChI is InChI=1S/C13H14N2O4S2/c1-14(8-7-12-5-3-9-20-12)21(18,19)13-6-2-4-11(10-13)15(16)17/h2-6,9-10H,7-8H2,1H3. The number of hydrogen-bond acceptors (Lipinski definition) is 5. The van der Waals surface area contributed by atoms with Crippen molar-refractivity contribution < 1.29 is 13.3 Å². The summed E-state index contributed by atoms with van der Waals surface area (Å²) in [5, 5.41) is 12.7. The SMILES string of the molecule is CN(CCc1cccs1)S(=O)(=O)c1cccc([N+](=O)[O-])c1. The van der Waals surface area contributed by atoms with Gasteiger partial charge in [-0.2, -0.15) is 0 Å². The van der Waals surface area contributed by atoms with Crippen LogP contribution < -0.4 is 0 Å². The van der Waals surface area contributed by atoms with Crippen LogP contribution in [0.5, 0.6) is 0 Å². The van der Waals surface area contributed by atoms with Crippen molar-refractivity contribution in [3.05, 3.63) is 56.8 Å². The number of thiophene rings is 1. The molecule has 2 rings (SSSR count). The molecule has 21 heavy (non-hydrogen) atoms. The zero-order chi connectivity index (χ0) is 15.5. The highest BCUT2D eigenvalue weighted by molar-refractivity contribution is 7.89. The molecule has 0 spiro atoms. The van der Waals surface area contributed by atoms with E-state index >= 15 is 0 Å². The van der Waals surface area contributed by atoms with E-state index in [-0.39, 0.29) is 10.6 Å². The second-order valence-corrected chi connectivity index (χ2v) is 7.49. The van der Waals surface area contributed by atoms with Crippen LogP contribution in [0.15, 0.2) is 46.7 Å². The number of nitrogens with zero attached hydrogens (tertiary/aromatic N) is 2. The molecule has 0 aliphatic heterocycles. The van der Waals surface area contributed by atoms with Crippen LogP contribution in [0.1, 0.15) is 4.88 Å². The van der Waals surface area contributed by atoms with Crippen molar-refractivity contribution >= 4 is 27.0 Å². The number of non-ortho nitro benzene ring substituents is 1. The first kappa shape index (κ1) is 15.6. The first-order chi connectivity index (χ1) is 9.91. The summed E-state index contributed by atoms with van der Waals surface area (Å²) >= 11 is 1.57. The van der Waals surface area contributed by atoms with Crippen LogP contribution in [-0.4, -0.2) is 31.2 Å². The molecule has 0 aliphatic carbocycles. The third kappa shape index (κ3) is 3.66. The summed E-state index contributed by atoms with van der Waals surface area (Å²) in [5.74, 6) is 0. The highest BCUT2D eigenvalue weighted by Crippen LogP contribution is 2.20. The highest BCUT2D eigenvalue weighted by Gasteiger charge is 2.22. The quantitative estimate of drug-likeness (QED) is 0.603. The molecule has 1 heterocycles. The fraction of sp³-hybridized carbons (Fsp3) is 0.231. The number of rotatable bonds is 6. The third-order valence-electron chi connectivity index (χ3n) is 2.99. The monoisotopic (exact) mass is 326 g/mol. The molecular formula is C13H14N2O4S2. The summed E-state index contributed by atoms with van der Waals surface area (Å²) in [6.45, 7) is 0.325. The van der Waals surface area contributed by atoms with Gasteiger partial charge in [0.15, 0.2) is 0 Å². The number of nitro benzene ring substituents is 1. The third-order valence-corrected chi connectivity index (χ3v) is 5.78. The van der Waals surface area contributed by atoms with Gasteiger partial charge in [-0.05, 0) is 23.9 Å². The van der Waals surface area contributed by atoms with Gasteiger partial charge in [0.05, 0.1) is 9.82 Å². The molecule has 6 nitrogen and oxygen atoms in total. The van der Waals surface area contributed by atoms with E-state index in [1.54, 1.807) is 11.3 Å². The van der Waals surface area contributed by atoms with Gasteiger partial charge in [-0.15, -0.1) is 11.3 Å². The Kier molecular flexibility index (Phi) is 4.71. The van der Waals surface area contributed by atoms with Crippen LogP contribution in [-0.2, 0) is 16.4 Å². The average molecular weight is 326 g/mol. The summed E-state index contributed by atoms with van der Waals surface area (Å²) in [6.07, 6.45) is 0.613. The molecule has 0 amide bonds. The van der Waals surface area contributed by atoms with Gasteiger partial charge < -0.3 is 0 Å². The molecule has 0 N–H and O–H groups in total. The molecule has 0 atom stereocenters. The van der Waals surface area contributed by atoms with Gasteiger partial charge in [-0.1, -0.05) is 12.1 Å². The van der Waals surface area contributed by atoms with Crippen LogP contribution in [0.3, 0.4) is 0 Å². The molecule has 0 fully saturated rings. The van der Waals surface area contributed by atoms with E-state index in [4.69, 9.17) is 0 Å². The molecule has 8 heteroatoms. The maximum atomic E-state index is 12.4. The second-order valence-electron chi connectivity index (χ2n) is 4.41. The highest BCUT2D eigenvalue weighted by atomic mass is 32.2. The number of hydrogen-bond donors (Lipinski definition) is 0. The van der Waals surface area contributed by atoms with Gasteiger partial charge >= 0.3 is 0 Å². The van der Waals surface area contributed by atoms with E-state index in [2.05, 4.69) is 0 Å². The zero-order valence-corrected chi connectivity index (χ0v) is 12.9. The van der Waals surface area contributed by atoms with E-state index in [1.807, 2.05) is 17.5 Å². The molecule has 1 aromatic carbocycles. The molecule has 1 aromatic heterocycles. The first-order valence-electron chi connectivity index (χ1n) is 6.14. The lowest BCUT2D eigenvalue weighted by Gasteiger charge is -2.16. The molecule has 2 aromatic rings. The van der Waals surface area contributed by atoms with Crippen molar-refractivity contribution in [2.75, 3.05) is 13.6 Å². The van der Waals surface area contributed by atoms with Crippen molar-refractivity contribution in [3.8, 4) is 0 Å². The predicted molar refractivity (Wildman–Crippen MR) is 80.9 cm³/mol. The van der Waals surface area contributed by atoms with E-state index < -0.39 is 14.9 Å². The fourth-order valence-electron chi connectivity index (χ4n) is 1.78. The Morgan fingerprint density at radius 2 is 2.05 bits per heavy atom. The maximum Gasteiger partial charge on any atom is 0.270 e. The molecule has 0 saturated carbocycles. The topological polar surface area (TPSA) is 80.5 Å². The Morgan fingerprint density at radius 3 is 2.67 bits per heavy atom. The van der Waals surface area contributed by atoms with Crippen LogP contribution >= 0.6 is 11.3 Å². The van der Waals surface area contributed by atoms with Gasteiger partial charge in [0.1, 0.15) is 0 Å². The lowest BCUT2D eigenvalue weighted by molar-refractivity contribution is -0.385. The number of benzene rings is 1. The van der Waals surface area contributed by atoms with Crippen molar-refractivity contribution in [2.24, 2.45) is 0 Å². The van der Waals surface area contributed by atoms with E-state index in [1.165, 1.54) is 29.6 Å². The minimum absolute atomic E-state index is 0.0645. The van der Waals surface area contributed by atoms with Crippen LogP contribution in [0.2, 0.25) is 0 Å². The van der Waals surface area contributed by atoms with Gasteiger partial charge in [0.2, 0.25) is 10.0 Å². The summed E-state index contributed by atoms with van der Waals surface area (Å²) in [6, 6.07) is 8.94. The smallest absolute Gasteiger partial charge is 0.258 e. The summed E-state index contributed by atoms with van der Waals surface area (Å²) in [4.78, 5) is 11.2. The lowest BCUT2D eigenvalue weighted by Crippen LogP contribution is -2.28. The Hall–Kier alpha value is -1.77. The van der Waals surface area contributed by atoms with E-state index in [9.17, 15) is 18.5 Å². The maximum absolute atomic E-state index is 12.4. The molecular weight excluding hydrogens is 312 g/mol. The molecule has 0 saturated heterocycles. The van der Waals surface area contributed by atoms with Crippen LogP contribution in [0.25, 0.3) is 0 Å². The van der Waals surface area contributed by atoms with Gasteiger partial charge in [0, 0.05) is 30.6 Å². The molecule has 0 unspecified atom stereocenters. The lowest BCUT2D eigenvalue weighted by atomic mass is 10.3. The minimum atomic E-state index is -3.71. The Morgan fingerprint density at radius 1 is 1.29 bits per heavy atom. The first-order valence-corrected chi connectivity index (χ1v) is 8.46. The Bertz CT molecular complexity index is 726. The average Bonchev–Trinajstić information content (AvgIpc) is 2.98. The molecule has 112 valence electrons. The predicted octanol–water partition coefficient (Wildman–Crippen LogP) is 2.52. The number of nitro groups is 1. The zero-order valence-electron chi connectivity index (χ0n) is 11.3. The molecule has 0 radical (unpaired) electrons. The van der Waals surface area contributed by atoms with Crippen LogP contribution in [0, 0.1) is 10.1 Å². The second kappa shape index (κ2) is 6.33. The fourth-order valence-corrected chi connectivity index (χ4v) is 3.69. The minimum Gasteiger partial charge on any atom is -0.258 e. The number of likely N-dealkylation sites (N-methyl/N-ethyl adjacent to an activating group) is 1. The van der Waals surface area contributed by atoms with Gasteiger partial charge in [-0.25, -0.2) is 12.7 Å².